The molecule has 3 fully saturated rings. The number of rotatable bonds is 5. The first-order chi connectivity index (χ1) is 19.7. The maximum absolute atomic E-state index is 13.5. The topological polar surface area (TPSA) is 60.4 Å². The van der Waals surface area contributed by atoms with Gasteiger partial charge in [0, 0.05) is 12.8 Å². The molecule has 8 atom stereocenters. The minimum atomic E-state index is -0.543. The summed E-state index contributed by atoms with van der Waals surface area (Å²) in [4.78, 5) is 37.7. The van der Waals surface area contributed by atoms with Gasteiger partial charge in [-0.1, -0.05) is 60.6 Å². The standard InChI is InChI=1S/C38H54O4/c1-23(2)32-29(41)21-38(24(3)40)20-19-36(7)28(33(32)38)13-14-31-35(6)17-15-27(25-9-11-26(12-10-25)42-22-39)34(4,5)30(35)16-18-37(31,36)8/h9,15,22-23,26,28,30-31H,10-14,16-21H2,1-8H3/t26?,28-,30+,31-,35+,36-,37-,38+/m1/s1. The summed E-state index contributed by atoms with van der Waals surface area (Å²) < 4.78 is 5.28. The maximum atomic E-state index is 13.5. The number of ether oxygens (including phenoxy) is 1. The molecule has 4 heteroatoms. The van der Waals surface area contributed by atoms with Crippen molar-refractivity contribution in [3.63, 3.8) is 0 Å². The molecule has 0 saturated heterocycles. The highest BCUT2D eigenvalue weighted by Crippen LogP contribution is 2.76. The zero-order chi connectivity index (χ0) is 30.5. The van der Waals surface area contributed by atoms with Gasteiger partial charge < -0.3 is 4.74 Å². The van der Waals surface area contributed by atoms with Gasteiger partial charge in [-0.2, -0.15) is 0 Å². The lowest BCUT2D eigenvalue weighted by molar-refractivity contribution is -0.199. The maximum Gasteiger partial charge on any atom is 0.293 e. The fraction of sp³-hybridized carbons (Fsp3) is 0.763. The number of allylic oxidation sites excluding steroid dienone is 5. The number of carbonyl (C=O) groups is 3. The Morgan fingerprint density at radius 3 is 2.31 bits per heavy atom. The quantitative estimate of drug-likeness (QED) is 0.308. The van der Waals surface area contributed by atoms with Crippen LogP contribution in [0, 0.1) is 50.7 Å². The predicted octanol–water partition coefficient (Wildman–Crippen LogP) is 8.74. The second-order valence-electron chi connectivity index (χ2n) is 16.7. The van der Waals surface area contributed by atoms with Crippen molar-refractivity contribution in [2.75, 3.05) is 0 Å². The van der Waals surface area contributed by atoms with E-state index in [1.54, 1.807) is 6.92 Å². The molecule has 4 nitrogen and oxygen atoms in total. The molecule has 0 spiro atoms. The minimum absolute atomic E-state index is 0.0221. The van der Waals surface area contributed by atoms with Crippen molar-refractivity contribution < 1.29 is 19.1 Å². The number of fused-ring (bicyclic) bond motifs is 7. The summed E-state index contributed by atoms with van der Waals surface area (Å²) in [5.41, 5.74) is 5.35. The normalized spacial score (nSPS) is 44.4. The smallest absolute Gasteiger partial charge is 0.293 e. The lowest BCUT2D eigenvalue weighted by Gasteiger charge is -2.71. The van der Waals surface area contributed by atoms with Crippen molar-refractivity contribution >= 4 is 18.0 Å². The van der Waals surface area contributed by atoms with Gasteiger partial charge in [0.05, 0.1) is 5.41 Å². The van der Waals surface area contributed by atoms with E-state index in [0.717, 1.165) is 50.5 Å². The second kappa shape index (κ2) is 9.77. The lowest BCUT2D eigenvalue weighted by atomic mass is 9.33. The molecule has 0 aromatic heterocycles. The summed E-state index contributed by atoms with van der Waals surface area (Å²) in [7, 11) is 0. The summed E-state index contributed by atoms with van der Waals surface area (Å²) >= 11 is 0. The fourth-order valence-corrected chi connectivity index (χ4v) is 12.5. The molecule has 0 N–H and O–H groups in total. The van der Waals surface area contributed by atoms with Gasteiger partial charge in [-0.05, 0) is 132 Å². The van der Waals surface area contributed by atoms with Gasteiger partial charge in [-0.3, -0.25) is 14.4 Å². The van der Waals surface area contributed by atoms with Crippen molar-refractivity contribution in [2.45, 2.75) is 132 Å². The van der Waals surface area contributed by atoms with Crippen LogP contribution in [-0.4, -0.2) is 24.1 Å². The SMILES string of the molecule is CC(=O)[C@@]12CC[C@]3(C)[C@H](CC[C@@H]4[C@@]5(C)CC=C(C6=CCC(OC=O)CC6)C(C)(C)[C@@H]5CC[C@]43C)C1=C(C(C)C)C(=O)C2. The Labute approximate surface area is 254 Å². The third-order valence-electron chi connectivity index (χ3n) is 14.6. The number of hydrogen-bond donors (Lipinski definition) is 0. The predicted molar refractivity (Wildman–Crippen MR) is 166 cm³/mol. The highest BCUT2D eigenvalue weighted by Gasteiger charge is 2.70. The third kappa shape index (κ3) is 3.81. The van der Waals surface area contributed by atoms with E-state index in [2.05, 4.69) is 60.6 Å². The van der Waals surface area contributed by atoms with Crippen molar-refractivity contribution in [1.29, 1.82) is 0 Å². The van der Waals surface area contributed by atoms with Gasteiger partial charge in [-0.25, -0.2) is 0 Å². The van der Waals surface area contributed by atoms with Gasteiger partial charge >= 0.3 is 0 Å². The van der Waals surface area contributed by atoms with Crippen LogP contribution in [0.15, 0.2) is 34.4 Å². The van der Waals surface area contributed by atoms with Crippen molar-refractivity contribution in [3.05, 3.63) is 34.4 Å². The number of ketones is 2. The molecule has 0 aromatic carbocycles. The third-order valence-corrected chi connectivity index (χ3v) is 14.6. The van der Waals surface area contributed by atoms with E-state index in [9.17, 15) is 14.4 Å². The van der Waals surface area contributed by atoms with Crippen LogP contribution in [0.2, 0.25) is 0 Å². The Morgan fingerprint density at radius 1 is 0.952 bits per heavy atom. The van der Waals surface area contributed by atoms with E-state index < -0.39 is 5.41 Å². The number of hydrogen-bond acceptors (Lipinski definition) is 4. The zero-order valence-electron chi connectivity index (χ0n) is 27.5. The molecule has 6 aliphatic rings. The van der Waals surface area contributed by atoms with Crippen LogP contribution in [0.4, 0.5) is 0 Å². The minimum Gasteiger partial charge on any atom is -0.464 e. The molecule has 0 amide bonds. The van der Waals surface area contributed by atoms with E-state index in [0.29, 0.717) is 30.6 Å². The first-order valence-electron chi connectivity index (χ1n) is 17.0. The second-order valence-corrected chi connectivity index (χ2v) is 16.7. The highest BCUT2D eigenvalue weighted by atomic mass is 16.5. The van der Waals surface area contributed by atoms with E-state index in [1.165, 1.54) is 36.0 Å². The zero-order valence-corrected chi connectivity index (χ0v) is 27.5. The van der Waals surface area contributed by atoms with Crippen LogP contribution in [0.1, 0.15) is 126 Å². The molecule has 6 rings (SSSR count). The molecule has 6 aliphatic carbocycles. The average molecular weight is 575 g/mol. The Kier molecular flexibility index (Phi) is 6.99. The molecule has 0 radical (unpaired) electrons. The van der Waals surface area contributed by atoms with Gasteiger partial charge in [-0.15, -0.1) is 0 Å². The van der Waals surface area contributed by atoms with Crippen LogP contribution in [0.3, 0.4) is 0 Å². The van der Waals surface area contributed by atoms with Crippen LogP contribution in [0.25, 0.3) is 0 Å². The molecular weight excluding hydrogens is 520 g/mol. The summed E-state index contributed by atoms with van der Waals surface area (Å²) in [5, 5.41) is 0. The van der Waals surface area contributed by atoms with Gasteiger partial charge in [0.1, 0.15) is 11.9 Å². The number of Topliss-reactive ketones (excluding diaryl/α,β-unsaturated/α-hetero) is 2. The number of carbonyl (C=O) groups excluding carboxylic acids is 3. The van der Waals surface area contributed by atoms with Crippen molar-refractivity contribution in [2.24, 2.45) is 50.7 Å². The Morgan fingerprint density at radius 2 is 1.69 bits per heavy atom. The molecule has 42 heavy (non-hydrogen) atoms. The largest absolute Gasteiger partial charge is 0.464 e. The molecule has 0 heterocycles. The van der Waals surface area contributed by atoms with E-state index in [-0.39, 0.29) is 45.2 Å². The molecule has 0 aliphatic heterocycles. The summed E-state index contributed by atoms with van der Waals surface area (Å²) in [6.45, 7) is 19.5. The van der Waals surface area contributed by atoms with Crippen molar-refractivity contribution in [3.8, 4) is 0 Å². The monoisotopic (exact) mass is 574 g/mol. The Hall–Kier alpha value is -1.97. The summed E-state index contributed by atoms with van der Waals surface area (Å²) in [5.74, 6) is 2.21. The summed E-state index contributed by atoms with van der Waals surface area (Å²) in [6.07, 6.45) is 15.9. The van der Waals surface area contributed by atoms with Crippen LogP contribution >= 0.6 is 0 Å². The molecule has 230 valence electrons. The fourth-order valence-electron chi connectivity index (χ4n) is 12.5. The van der Waals surface area contributed by atoms with Crippen LogP contribution in [-0.2, 0) is 19.1 Å². The highest BCUT2D eigenvalue weighted by molar-refractivity contribution is 6.06. The van der Waals surface area contributed by atoms with Gasteiger partial charge in [0.15, 0.2) is 5.78 Å². The van der Waals surface area contributed by atoms with E-state index in [1.807, 2.05) is 0 Å². The van der Waals surface area contributed by atoms with Crippen LogP contribution in [0.5, 0.6) is 0 Å². The molecule has 0 bridgehead atoms. The molecule has 0 aromatic rings. The van der Waals surface area contributed by atoms with Crippen LogP contribution < -0.4 is 0 Å². The average Bonchev–Trinajstić information content (AvgIpc) is 3.23. The van der Waals surface area contributed by atoms with E-state index >= 15 is 0 Å². The molecular formula is C38H54O4. The Bertz CT molecular complexity index is 1300. The lowest BCUT2D eigenvalue weighted by Crippen LogP contribution is -2.64. The van der Waals surface area contributed by atoms with Gasteiger partial charge in [0.25, 0.3) is 6.47 Å². The van der Waals surface area contributed by atoms with Crippen molar-refractivity contribution in [1.82, 2.24) is 0 Å². The Balaban J connectivity index is 1.37. The van der Waals surface area contributed by atoms with E-state index in [4.69, 9.17) is 4.74 Å². The molecule has 3 saturated carbocycles. The first kappa shape index (κ1) is 30.1. The van der Waals surface area contributed by atoms with Gasteiger partial charge in [0.2, 0.25) is 0 Å². The first-order valence-corrected chi connectivity index (χ1v) is 17.0. The molecule has 1 unspecified atom stereocenters. The summed E-state index contributed by atoms with van der Waals surface area (Å²) in [6, 6.07) is 0.